The molecule has 1 heterocycles. The number of hydrogen-bond acceptors (Lipinski definition) is 2. The third-order valence-electron chi connectivity index (χ3n) is 4.88. The highest BCUT2D eigenvalue weighted by Crippen LogP contribution is 2.25. The number of benzene rings is 3. The van der Waals surface area contributed by atoms with E-state index in [1.165, 1.54) is 11.1 Å². The average Bonchev–Trinajstić information content (AvgIpc) is 3.00. The van der Waals surface area contributed by atoms with E-state index in [0.29, 0.717) is 11.6 Å². The Bertz CT molecular complexity index is 1090. The van der Waals surface area contributed by atoms with Crippen molar-refractivity contribution in [2.24, 2.45) is 0 Å². The van der Waals surface area contributed by atoms with Crippen LogP contribution in [0.4, 0.5) is 0 Å². The number of hydrogen-bond donors (Lipinski definition) is 0. The van der Waals surface area contributed by atoms with Gasteiger partial charge in [-0.05, 0) is 54.8 Å². The van der Waals surface area contributed by atoms with Crippen LogP contribution in [0.15, 0.2) is 66.7 Å². The van der Waals surface area contributed by atoms with Crippen molar-refractivity contribution in [3.8, 4) is 5.75 Å². The van der Waals surface area contributed by atoms with Crippen molar-refractivity contribution in [2.45, 2.75) is 27.0 Å². The van der Waals surface area contributed by atoms with Crippen LogP contribution in [-0.4, -0.2) is 9.55 Å². The molecular formula is C23H21ClN2O. The normalized spacial score (nSPS) is 11.1. The number of ether oxygens (including phenoxy) is 1. The highest BCUT2D eigenvalue weighted by atomic mass is 35.5. The first-order chi connectivity index (χ1) is 13.1. The van der Waals surface area contributed by atoms with Crippen molar-refractivity contribution < 1.29 is 4.74 Å². The molecule has 1 aromatic heterocycles. The molecule has 0 radical (unpaired) electrons. The van der Waals surface area contributed by atoms with Gasteiger partial charge in [0, 0.05) is 11.6 Å². The van der Waals surface area contributed by atoms with Gasteiger partial charge in [0.05, 0.1) is 11.0 Å². The SMILES string of the molecule is Cc1cccc(OCc2nc3cc(Cl)ccc3n2Cc2ccccc2)c1C. The van der Waals surface area contributed by atoms with Gasteiger partial charge in [-0.2, -0.15) is 0 Å². The Morgan fingerprint density at radius 2 is 1.78 bits per heavy atom. The molecule has 4 rings (SSSR count). The van der Waals surface area contributed by atoms with E-state index in [9.17, 15) is 0 Å². The Labute approximate surface area is 164 Å². The van der Waals surface area contributed by atoms with Gasteiger partial charge in [0.1, 0.15) is 18.2 Å². The highest BCUT2D eigenvalue weighted by Gasteiger charge is 2.13. The molecule has 3 nitrogen and oxygen atoms in total. The fraction of sp³-hybridized carbons (Fsp3) is 0.174. The van der Waals surface area contributed by atoms with E-state index in [0.717, 1.165) is 34.7 Å². The van der Waals surface area contributed by atoms with E-state index < -0.39 is 0 Å². The molecule has 0 amide bonds. The lowest BCUT2D eigenvalue weighted by molar-refractivity contribution is 0.289. The average molecular weight is 377 g/mol. The van der Waals surface area contributed by atoms with E-state index in [-0.39, 0.29) is 0 Å². The van der Waals surface area contributed by atoms with Crippen LogP contribution in [0.1, 0.15) is 22.5 Å². The van der Waals surface area contributed by atoms with Crippen molar-refractivity contribution in [2.75, 3.05) is 0 Å². The number of imidazole rings is 1. The molecule has 0 atom stereocenters. The first-order valence-electron chi connectivity index (χ1n) is 8.99. The maximum atomic E-state index is 6.17. The molecule has 136 valence electrons. The fourth-order valence-corrected chi connectivity index (χ4v) is 3.39. The summed E-state index contributed by atoms with van der Waals surface area (Å²) in [6.07, 6.45) is 0. The quantitative estimate of drug-likeness (QED) is 0.431. The lowest BCUT2D eigenvalue weighted by atomic mass is 10.1. The Hall–Kier alpha value is -2.78. The van der Waals surface area contributed by atoms with Crippen LogP contribution in [0.3, 0.4) is 0 Å². The minimum absolute atomic E-state index is 0.406. The molecule has 0 aliphatic carbocycles. The van der Waals surface area contributed by atoms with Gasteiger partial charge in [0.15, 0.2) is 0 Å². The van der Waals surface area contributed by atoms with Crippen molar-refractivity contribution in [3.63, 3.8) is 0 Å². The summed E-state index contributed by atoms with van der Waals surface area (Å²) in [4.78, 5) is 4.79. The highest BCUT2D eigenvalue weighted by molar-refractivity contribution is 6.31. The van der Waals surface area contributed by atoms with Crippen LogP contribution >= 0.6 is 11.6 Å². The smallest absolute Gasteiger partial charge is 0.148 e. The summed E-state index contributed by atoms with van der Waals surface area (Å²) in [6.45, 7) is 5.32. The molecular weight excluding hydrogens is 356 g/mol. The summed E-state index contributed by atoms with van der Waals surface area (Å²) in [5.74, 6) is 1.78. The molecule has 0 spiro atoms. The lowest BCUT2D eigenvalue weighted by Gasteiger charge is -2.13. The van der Waals surface area contributed by atoms with Crippen LogP contribution in [0.2, 0.25) is 5.02 Å². The number of nitrogens with zero attached hydrogens (tertiary/aromatic N) is 2. The maximum absolute atomic E-state index is 6.17. The number of aromatic nitrogens is 2. The Balaban J connectivity index is 1.70. The van der Waals surface area contributed by atoms with Gasteiger partial charge in [-0.15, -0.1) is 0 Å². The van der Waals surface area contributed by atoms with Gasteiger partial charge in [-0.25, -0.2) is 4.98 Å². The zero-order valence-electron chi connectivity index (χ0n) is 15.4. The molecule has 0 N–H and O–H groups in total. The molecule has 0 saturated heterocycles. The first kappa shape index (κ1) is 17.6. The van der Waals surface area contributed by atoms with Gasteiger partial charge in [-0.1, -0.05) is 54.1 Å². The largest absolute Gasteiger partial charge is 0.485 e. The molecule has 3 aromatic carbocycles. The molecule has 0 saturated carbocycles. The van der Waals surface area contributed by atoms with Gasteiger partial charge in [0.2, 0.25) is 0 Å². The number of fused-ring (bicyclic) bond motifs is 1. The Morgan fingerprint density at radius 1 is 0.963 bits per heavy atom. The topological polar surface area (TPSA) is 27.1 Å². The summed E-state index contributed by atoms with van der Waals surface area (Å²) < 4.78 is 8.33. The summed E-state index contributed by atoms with van der Waals surface area (Å²) in [5.41, 5.74) is 5.55. The van der Waals surface area contributed by atoms with E-state index >= 15 is 0 Å². The second kappa shape index (κ2) is 7.45. The standard InChI is InChI=1S/C23H21ClN2O/c1-16-7-6-10-22(17(16)2)27-15-23-25-20-13-19(24)11-12-21(20)26(23)14-18-8-4-3-5-9-18/h3-13H,14-15H2,1-2H3. The van der Waals surface area contributed by atoms with Crippen molar-refractivity contribution in [1.29, 1.82) is 0 Å². The maximum Gasteiger partial charge on any atom is 0.148 e. The summed E-state index contributed by atoms with van der Waals surface area (Å²) in [7, 11) is 0. The van der Waals surface area contributed by atoms with Crippen LogP contribution in [0.5, 0.6) is 5.75 Å². The van der Waals surface area contributed by atoms with Crippen LogP contribution in [-0.2, 0) is 13.2 Å². The first-order valence-corrected chi connectivity index (χ1v) is 9.37. The Kier molecular flexibility index (Phi) is 4.87. The second-order valence-electron chi connectivity index (χ2n) is 6.72. The summed E-state index contributed by atoms with van der Waals surface area (Å²) >= 11 is 6.17. The van der Waals surface area contributed by atoms with Gasteiger partial charge in [0.25, 0.3) is 0 Å². The van der Waals surface area contributed by atoms with Crippen LogP contribution < -0.4 is 4.74 Å². The molecule has 0 aliphatic heterocycles. The number of halogens is 1. The third-order valence-corrected chi connectivity index (χ3v) is 5.12. The molecule has 4 heteroatoms. The van der Waals surface area contributed by atoms with E-state index in [2.05, 4.69) is 48.7 Å². The van der Waals surface area contributed by atoms with Crippen LogP contribution in [0.25, 0.3) is 11.0 Å². The van der Waals surface area contributed by atoms with Gasteiger partial charge < -0.3 is 9.30 Å². The molecule has 27 heavy (non-hydrogen) atoms. The third kappa shape index (κ3) is 3.69. The molecule has 0 unspecified atom stereocenters. The molecule has 0 aliphatic rings. The molecule has 0 bridgehead atoms. The van der Waals surface area contributed by atoms with Gasteiger partial charge >= 0.3 is 0 Å². The predicted molar refractivity (Wildman–Crippen MR) is 111 cm³/mol. The van der Waals surface area contributed by atoms with Crippen molar-refractivity contribution in [1.82, 2.24) is 9.55 Å². The fourth-order valence-electron chi connectivity index (χ4n) is 3.23. The summed E-state index contributed by atoms with van der Waals surface area (Å²) in [5, 5.41) is 0.689. The predicted octanol–water partition coefficient (Wildman–Crippen LogP) is 5.93. The van der Waals surface area contributed by atoms with E-state index in [4.69, 9.17) is 21.3 Å². The molecule has 4 aromatic rings. The number of aryl methyl sites for hydroxylation is 1. The van der Waals surface area contributed by atoms with Crippen molar-refractivity contribution >= 4 is 22.6 Å². The van der Waals surface area contributed by atoms with Crippen molar-refractivity contribution in [3.05, 3.63) is 94.3 Å². The molecule has 0 fully saturated rings. The number of rotatable bonds is 5. The zero-order valence-corrected chi connectivity index (χ0v) is 16.2. The lowest BCUT2D eigenvalue weighted by Crippen LogP contribution is -2.09. The minimum atomic E-state index is 0.406. The second-order valence-corrected chi connectivity index (χ2v) is 7.16. The summed E-state index contributed by atoms with van der Waals surface area (Å²) in [6, 6.07) is 22.3. The Morgan fingerprint density at radius 3 is 2.59 bits per heavy atom. The van der Waals surface area contributed by atoms with Gasteiger partial charge in [-0.3, -0.25) is 0 Å². The van der Waals surface area contributed by atoms with Crippen LogP contribution in [0, 0.1) is 13.8 Å². The monoisotopic (exact) mass is 376 g/mol. The van der Waals surface area contributed by atoms with E-state index in [1.54, 1.807) is 0 Å². The zero-order chi connectivity index (χ0) is 18.8. The van der Waals surface area contributed by atoms with E-state index in [1.807, 2.05) is 36.4 Å². The minimum Gasteiger partial charge on any atom is -0.485 e.